The SMILES string of the molecule is CCc1ccc(C(NC)c2ccc3c(c2)C(C)(C)CO3)o1. The van der Waals surface area contributed by atoms with Crippen LogP contribution in [-0.4, -0.2) is 13.7 Å². The molecule has 112 valence electrons. The average molecular weight is 285 g/mol. The van der Waals surface area contributed by atoms with Gasteiger partial charge in [0.1, 0.15) is 17.3 Å². The van der Waals surface area contributed by atoms with Crippen molar-refractivity contribution in [2.45, 2.75) is 38.6 Å². The topological polar surface area (TPSA) is 34.4 Å². The molecule has 0 saturated carbocycles. The second-order valence-corrected chi connectivity index (χ2v) is 6.31. The summed E-state index contributed by atoms with van der Waals surface area (Å²) in [5, 5.41) is 3.36. The highest BCUT2D eigenvalue weighted by Gasteiger charge is 2.32. The van der Waals surface area contributed by atoms with Crippen LogP contribution in [0.2, 0.25) is 0 Å². The van der Waals surface area contributed by atoms with E-state index in [-0.39, 0.29) is 11.5 Å². The highest BCUT2D eigenvalue weighted by Crippen LogP contribution is 2.40. The first kappa shape index (κ1) is 14.2. The Labute approximate surface area is 126 Å². The number of benzene rings is 1. The van der Waals surface area contributed by atoms with Gasteiger partial charge in [-0.25, -0.2) is 0 Å². The maximum absolute atomic E-state index is 5.92. The van der Waals surface area contributed by atoms with Crippen molar-refractivity contribution in [3.05, 3.63) is 53.0 Å². The van der Waals surface area contributed by atoms with Gasteiger partial charge in [0.15, 0.2) is 0 Å². The molecule has 21 heavy (non-hydrogen) atoms. The van der Waals surface area contributed by atoms with E-state index in [9.17, 15) is 0 Å². The lowest BCUT2D eigenvalue weighted by Crippen LogP contribution is -2.20. The molecule has 1 atom stereocenters. The number of fused-ring (bicyclic) bond motifs is 1. The Morgan fingerprint density at radius 1 is 1.24 bits per heavy atom. The first-order chi connectivity index (χ1) is 10.0. The zero-order chi connectivity index (χ0) is 15.0. The quantitative estimate of drug-likeness (QED) is 0.927. The number of aryl methyl sites for hydroxylation is 1. The second kappa shape index (κ2) is 5.23. The van der Waals surface area contributed by atoms with Crippen LogP contribution in [0.4, 0.5) is 0 Å². The summed E-state index contributed by atoms with van der Waals surface area (Å²) in [4.78, 5) is 0. The molecule has 3 heteroatoms. The number of rotatable bonds is 4. The zero-order valence-corrected chi connectivity index (χ0v) is 13.2. The van der Waals surface area contributed by atoms with Gasteiger partial charge >= 0.3 is 0 Å². The molecule has 0 spiro atoms. The van der Waals surface area contributed by atoms with Crippen molar-refractivity contribution in [1.29, 1.82) is 0 Å². The van der Waals surface area contributed by atoms with E-state index < -0.39 is 0 Å². The lowest BCUT2D eigenvalue weighted by Gasteiger charge is -2.19. The number of hydrogen-bond donors (Lipinski definition) is 1. The fraction of sp³-hybridized carbons (Fsp3) is 0.444. The van der Waals surface area contributed by atoms with Crippen molar-refractivity contribution in [1.82, 2.24) is 5.32 Å². The summed E-state index contributed by atoms with van der Waals surface area (Å²) in [6.45, 7) is 7.29. The van der Waals surface area contributed by atoms with Gasteiger partial charge in [0.25, 0.3) is 0 Å². The minimum Gasteiger partial charge on any atom is -0.492 e. The van der Waals surface area contributed by atoms with E-state index in [0.29, 0.717) is 0 Å². The molecule has 0 fully saturated rings. The van der Waals surface area contributed by atoms with Crippen LogP contribution in [0.25, 0.3) is 0 Å². The van der Waals surface area contributed by atoms with E-state index in [0.717, 1.165) is 30.3 Å². The Morgan fingerprint density at radius 3 is 2.71 bits per heavy atom. The predicted octanol–water partition coefficient (Wildman–Crippen LogP) is 3.82. The highest BCUT2D eigenvalue weighted by atomic mass is 16.5. The largest absolute Gasteiger partial charge is 0.492 e. The molecular weight excluding hydrogens is 262 g/mol. The van der Waals surface area contributed by atoms with E-state index >= 15 is 0 Å². The molecule has 1 N–H and O–H groups in total. The molecule has 1 unspecified atom stereocenters. The van der Waals surface area contributed by atoms with Gasteiger partial charge in [-0.3, -0.25) is 0 Å². The van der Waals surface area contributed by atoms with Crippen molar-refractivity contribution in [2.75, 3.05) is 13.7 Å². The van der Waals surface area contributed by atoms with Gasteiger partial charge in [-0.1, -0.05) is 26.8 Å². The Kier molecular flexibility index (Phi) is 3.54. The molecule has 0 bridgehead atoms. The first-order valence-electron chi connectivity index (χ1n) is 7.58. The van der Waals surface area contributed by atoms with E-state index in [1.807, 2.05) is 7.05 Å². The molecule has 0 radical (unpaired) electrons. The molecule has 2 heterocycles. The summed E-state index contributed by atoms with van der Waals surface area (Å²) in [5.41, 5.74) is 2.57. The molecule has 0 saturated heterocycles. The van der Waals surface area contributed by atoms with Crippen molar-refractivity contribution in [3.8, 4) is 5.75 Å². The van der Waals surface area contributed by atoms with E-state index in [1.54, 1.807) is 0 Å². The molecule has 0 aliphatic carbocycles. The third-order valence-electron chi connectivity index (χ3n) is 4.26. The normalized spacial score (nSPS) is 17.3. The van der Waals surface area contributed by atoms with Crippen LogP contribution >= 0.6 is 0 Å². The Bertz CT molecular complexity index is 642. The highest BCUT2D eigenvalue weighted by molar-refractivity contribution is 5.46. The summed E-state index contributed by atoms with van der Waals surface area (Å²) in [7, 11) is 1.97. The second-order valence-electron chi connectivity index (χ2n) is 6.31. The minimum absolute atomic E-state index is 0.0708. The number of ether oxygens (including phenoxy) is 1. The first-order valence-corrected chi connectivity index (χ1v) is 7.58. The lowest BCUT2D eigenvalue weighted by atomic mass is 9.85. The Balaban J connectivity index is 1.98. The molecule has 1 aromatic carbocycles. The molecule has 2 aromatic rings. The van der Waals surface area contributed by atoms with E-state index in [1.165, 1.54) is 11.1 Å². The van der Waals surface area contributed by atoms with Crippen LogP contribution in [0.15, 0.2) is 34.7 Å². The van der Waals surface area contributed by atoms with E-state index in [4.69, 9.17) is 9.15 Å². The third kappa shape index (κ3) is 2.46. The number of hydrogen-bond acceptors (Lipinski definition) is 3. The number of furan rings is 1. The minimum atomic E-state index is 0.0708. The van der Waals surface area contributed by atoms with Gasteiger partial charge < -0.3 is 14.5 Å². The summed E-state index contributed by atoms with van der Waals surface area (Å²) in [5.74, 6) is 2.99. The summed E-state index contributed by atoms with van der Waals surface area (Å²) >= 11 is 0. The molecule has 1 aliphatic heterocycles. The van der Waals surface area contributed by atoms with Crippen LogP contribution in [0, 0.1) is 0 Å². The summed E-state index contributed by atoms with van der Waals surface area (Å²) < 4.78 is 11.7. The Morgan fingerprint density at radius 2 is 2.05 bits per heavy atom. The van der Waals surface area contributed by atoms with Crippen LogP contribution in [0.3, 0.4) is 0 Å². The van der Waals surface area contributed by atoms with Crippen LogP contribution in [0.1, 0.15) is 49.5 Å². The molecule has 1 aliphatic rings. The van der Waals surface area contributed by atoms with Crippen molar-refractivity contribution in [3.63, 3.8) is 0 Å². The molecule has 3 nitrogen and oxygen atoms in total. The third-order valence-corrected chi connectivity index (χ3v) is 4.26. The molecule has 3 rings (SSSR count). The Hall–Kier alpha value is -1.74. The van der Waals surface area contributed by atoms with Crippen LogP contribution < -0.4 is 10.1 Å². The van der Waals surface area contributed by atoms with Gasteiger partial charge in [0, 0.05) is 17.4 Å². The van der Waals surface area contributed by atoms with Crippen molar-refractivity contribution in [2.24, 2.45) is 0 Å². The van der Waals surface area contributed by atoms with Gasteiger partial charge in [0.2, 0.25) is 0 Å². The predicted molar refractivity (Wildman–Crippen MR) is 84.0 cm³/mol. The monoisotopic (exact) mass is 285 g/mol. The zero-order valence-electron chi connectivity index (χ0n) is 13.2. The van der Waals surface area contributed by atoms with Crippen LogP contribution in [0.5, 0.6) is 5.75 Å². The fourth-order valence-corrected chi connectivity index (χ4v) is 2.93. The average Bonchev–Trinajstić information content (AvgIpc) is 3.06. The summed E-state index contributed by atoms with van der Waals surface area (Å²) in [6.07, 6.45) is 0.918. The van der Waals surface area contributed by atoms with Gasteiger partial charge in [0.05, 0.1) is 12.6 Å². The fourth-order valence-electron chi connectivity index (χ4n) is 2.93. The maximum atomic E-state index is 5.92. The smallest absolute Gasteiger partial charge is 0.125 e. The van der Waals surface area contributed by atoms with Gasteiger partial charge in [-0.15, -0.1) is 0 Å². The summed E-state index contributed by atoms with van der Waals surface area (Å²) in [6, 6.07) is 10.6. The van der Waals surface area contributed by atoms with Gasteiger partial charge in [-0.05, 0) is 36.9 Å². The van der Waals surface area contributed by atoms with Crippen molar-refractivity contribution >= 4 is 0 Å². The lowest BCUT2D eigenvalue weighted by molar-refractivity contribution is 0.291. The molecule has 0 amide bonds. The standard InChI is InChI=1S/C18H23NO2/c1-5-13-7-9-16(21-13)17(19-4)12-6-8-15-14(10-12)18(2,3)11-20-15/h6-10,17,19H,5,11H2,1-4H3. The number of nitrogens with one attached hydrogen (secondary N) is 1. The maximum Gasteiger partial charge on any atom is 0.125 e. The van der Waals surface area contributed by atoms with Gasteiger partial charge in [-0.2, -0.15) is 0 Å². The van der Waals surface area contributed by atoms with E-state index in [2.05, 4.69) is 56.4 Å². The van der Waals surface area contributed by atoms with Crippen LogP contribution in [-0.2, 0) is 11.8 Å². The van der Waals surface area contributed by atoms with Crippen molar-refractivity contribution < 1.29 is 9.15 Å². The molecular formula is C18H23NO2. The molecule has 1 aromatic heterocycles.